The van der Waals surface area contributed by atoms with Crippen LogP contribution < -0.4 is 0 Å². The molecule has 4 heterocycles. The molecule has 7 nitrogen and oxygen atoms in total. The van der Waals surface area contributed by atoms with E-state index in [1.54, 1.807) is 0 Å². The quantitative estimate of drug-likeness (QED) is 0.250. The smallest absolute Gasteiger partial charge is 0.286 e. The van der Waals surface area contributed by atoms with Crippen molar-refractivity contribution < 1.29 is 9.21 Å². The largest absolute Gasteiger partial charge is 0.454 e. The maximum absolute atomic E-state index is 13.0. The summed E-state index contributed by atoms with van der Waals surface area (Å²) in [6, 6.07) is 30.4. The normalized spacial score (nSPS) is 17.2. The first-order chi connectivity index (χ1) is 19.7. The van der Waals surface area contributed by atoms with Gasteiger partial charge in [0.1, 0.15) is 11.3 Å². The zero-order valence-corrected chi connectivity index (χ0v) is 22.6. The van der Waals surface area contributed by atoms with Crippen LogP contribution in [0.25, 0.3) is 34.2 Å². The van der Waals surface area contributed by atoms with Crippen molar-refractivity contribution in [3.63, 3.8) is 0 Å². The minimum atomic E-state index is -0.213. The minimum Gasteiger partial charge on any atom is -0.454 e. The van der Waals surface area contributed by atoms with E-state index in [2.05, 4.69) is 39.1 Å². The van der Waals surface area contributed by atoms with Gasteiger partial charge in [-0.3, -0.25) is 9.69 Å². The Bertz CT molecular complexity index is 1700. The summed E-state index contributed by atoms with van der Waals surface area (Å²) in [5.74, 6) is 0.448. The van der Waals surface area contributed by atoms with Crippen molar-refractivity contribution in [2.45, 2.75) is 6.54 Å². The van der Waals surface area contributed by atoms with Gasteiger partial charge in [-0.2, -0.15) is 10.1 Å². The monoisotopic (exact) mass is 545 g/mol. The molecule has 0 N–H and O–H groups in total. The molecule has 3 aromatic carbocycles. The number of amides is 1. The first kappa shape index (κ1) is 24.6. The Hall–Kier alpha value is -4.40. The highest BCUT2D eigenvalue weighted by atomic mass is 32.2. The molecule has 0 unspecified atom stereocenters. The Labute approximate surface area is 236 Å². The molecule has 0 saturated carbocycles. The fourth-order valence-electron chi connectivity index (χ4n) is 5.11. The van der Waals surface area contributed by atoms with Gasteiger partial charge in [-0.15, -0.1) is 0 Å². The summed E-state index contributed by atoms with van der Waals surface area (Å²) in [6.45, 7) is 4.49. The molecule has 1 saturated heterocycles. The highest BCUT2D eigenvalue weighted by molar-refractivity contribution is 8.18. The van der Waals surface area contributed by atoms with Gasteiger partial charge in [-0.1, -0.05) is 66.7 Å². The summed E-state index contributed by atoms with van der Waals surface area (Å²) in [4.78, 5) is 22.7. The molecule has 8 heteroatoms. The minimum absolute atomic E-state index is 0.213. The number of aromatic nitrogens is 2. The Balaban J connectivity index is 1.13. The number of rotatable bonds is 5. The molecule has 1 amide bonds. The Morgan fingerprint density at radius 2 is 1.60 bits per heavy atom. The van der Waals surface area contributed by atoms with Crippen LogP contribution in [-0.4, -0.2) is 56.8 Å². The van der Waals surface area contributed by atoms with Crippen LogP contribution in [0.2, 0.25) is 0 Å². The van der Waals surface area contributed by atoms with Crippen LogP contribution >= 0.6 is 11.8 Å². The van der Waals surface area contributed by atoms with Gasteiger partial charge in [0.15, 0.2) is 10.9 Å². The van der Waals surface area contributed by atoms with E-state index in [9.17, 15) is 4.79 Å². The summed E-state index contributed by atoms with van der Waals surface area (Å²) in [5.41, 5.74) is 4.54. The van der Waals surface area contributed by atoms with Gasteiger partial charge in [0.05, 0.1) is 10.6 Å². The maximum Gasteiger partial charge on any atom is 0.286 e. The molecule has 5 aromatic rings. The van der Waals surface area contributed by atoms with Crippen molar-refractivity contribution in [3.8, 4) is 17.1 Å². The molecule has 0 atom stereocenters. The number of fused-ring (bicyclic) bond motifs is 1. The summed E-state index contributed by atoms with van der Waals surface area (Å²) < 4.78 is 7.99. The number of furan rings is 1. The van der Waals surface area contributed by atoms with E-state index < -0.39 is 0 Å². The van der Waals surface area contributed by atoms with E-state index in [1.165, 1.54) is 17.3 Å². The van der Waals surface area contributed by atoms with Gasteiger partial charge in [0.2, 0.25) is 0 Å². The van der Waals surface area contributed by atoms with E-state index >= 15 is 0 Å². The van der Waals surface area contributed by atoms with Crippen LogP contribution in [0.1, 0.15) is 11.1 Å². The van der Waals surface area contributed by atoms with E-state index in [-0.39, 0.29) is 5.91 Å². The molecule has 198 valence electrons. The molecule has 2 aliphatic heterocycles. The van der Waals surface area contributed by atoms with Gasteiger partial charge >= 0.3 is 0 Å². The molecular weight excluding hydrogens is 518 g/mol. The van der Waals surface area contributed by atoms with E-state index in [0.717, 1.165) is 60.1 Å². The fraction of sp³-hybridized carbons (Fsp3) is 0.156. The lowest BCUT2D eigenvalue weighted by Crippen LogP contribution is -2.47. The first-order valence-corrected chi connectivity index (χ1v) is 14.2. The van der Waals surface area contributed by atoms with Crippen LogP contribution in [-0.2, 0) is 11.3 Å². The van der Waals surface area contributed by atoms with Crippen molar-refractivity contribution in [1.82, 2.24) is 19.6 Å². The topological polar surface area (TPSA) is 66.9 Å². The Kier molecular flexibility index (Phi) is 6.55. The van der Waals surface area contributed by atoms with Crippen LogP contribution in [0.4, 0.5) is 0 Å². The number of piperazine rings is 1. The van der Waals surface area contributed by atoms with Gasteiger partial charge in [0.25, 0.3) is 5.91 Å². The van der Waals surface area contributed by atoms with Gasteiger partial charge in [-0.05, 0) is 47.7 Å². The number of benzene rings is 3. The number of aliphatic imine (C=N–C) groups is 1. The van der Waals surface area contributed by atoms with Crippen molar-refractivity contribution in [3.05, 3.63) is 113 Å². The number of carbonyl (C=O) groups is 1. The highest BCUT2D eigenvalue weighted by Gasteiger charge is 2.29. The fourth-order valence-corrected chi connectivity index (χ4v) is 6.07. The molecule has 7 rings (SSSR count). The van der Waals surface area contributed by atoms with Gasteiger partial charge < -0.3 is 9.32 Å². The average Bonchev–Trinajstić information content (AvgIpc) is 3.71. The van der Waals surface area contributed by atoms with Crippen molar-refractivity contribution in [2.24, 2.45) is 4.99 Å². The molecule has 2 aliphatic rings. The number of thioether (sulfide) groups is 1. The summed E-state index contributed by atoms with van der Waals surface area (Å²) in [7, 11) is 0. The molecular formula is C32H27N5O2S. The van der Waals surface area contributed by atoms with Gasteiger partial charge in [0, 0.05) is 49.9 Å². The highest BCUT2D eigenvalue weighted by Crippen LogP contribution is 2.35. The third-order valence-corrected chi connectivity index (χ3v) is 8.25. The predicted molar refractivity (Wildman–Crippen MR) is 160 cm³/mol. The predicted octanol–water partition coefficient (Wildman–Crippen LogP) is 6.07. The van der Waals surface area contributed by atoms with Gasteiger partial charge in [-0.25, -0.2) is 4.68 Å². The number of hydrogen-bond donors (Lipinski definition) is 0. The second-order valence-corrected chi connectivity index (χ2v) is 10.9. The lowest BCUT2D eigenvalue weighted by molar-refractivity contribution is -0.113. The number of para-hydroxylation sites is 2. The Morgan fingerprint density at radius 1 is 0.875 bits per heavy atom. The number of hydrogen-bond acceptors (Lipinski definition) is 6. The summed E-state index contributed by atoms with van der Waals surface area (Å²) >= 11 is 1.44. The van der Waals surface area contributed by atoms with E-state index in [4.69, 9.17) is 9.52 Å². The molecule has 0 bridgehead atoms. The third kappa shape index (κ3) is 4.99. The second kappa shape index (κ2) is 10.6. The van der Waals surface area contributed by atoms with Crippen LogP contribution in [0, 0.1) is 0 Å². The molecule has 2 aromatic heterocycles. The van der Waals surface area contributed by atoms with E-state index in [1.807, 2.05) is 83.7 Å². The number of carbonyl (C=O) groups excluding carboxylic acids is 1. The summed E-state index contributed by atoms with van der Waals surface area (Å²) in [5, 5.41) is 6.65. The lowest BCUT2D eigenvalue weighted by atomic mass is 10.2. The molecule has 0 spiro atoms. The average molecular weight is 546 g/mol. The SMILES string of the molecule is O=C1N=C(N2CCN(Cc3ccccc3)CC2)SC1=Cc1cn(-c2ccccc2)nc1-c1cc2ccccc2o1. The Morgan fingerprint density at radius 3 is 2.38 bits per heavy atom. The third-order valence-electron chi connectivity index (χ3n) is 7.21. The zero-order valence-electron chi connectivity index (χ0n) is 21.8. The zero-order chi connectivity index (χ0) is 26.9. The molecule has 0 aliphatic carbocycles. The molecule has 40 heavy (non-hydrogen) atoms. The van der Waals surface area contributed by atoms with Crippen molar-refractivity contribution in [2.75, 3.05) is 26.2 Å². The van der Waals surface area contributed by atoms with E-state index in [0.29, 0.717) is 16.4 Å². The van der Waals surface area contributed by atoms with Crippen molar-refractivity contribution in [1.29, 1.82) is 0 Å². The number of nitrogens with zero attached hydrogens (tertiary/aromatic N) is 5. The van der Waals surface area contributed by atoms with Crippen LogP contribution in [0.15, 0.2) is 112 Å². The van der Waals surface area contributed by atoms with Crippen molar-refractivity contribution >= 4 is 39.9 Å². The first-order valence-electron chi connectivity index (χ1n) is 13.4. The lowest BCUT2D eigenvalue weighted by Gasteiger charge is -2.35. The molecule has 0 radical (unpaired) electrons. The number of amidine groups is 1. The maximum atomic E-state index is 13.0. The standard InChI is InChI=1S/C32H27N5O2S/c38-31-29(40-32(33-31)36-17-15-35(16-18-36)21-23-9-3-1-4-10-23)20-25-22-37(26-12-5-2-6-13-26)34-30(25)28-19-24-11-7-8-14-27(24)39-28/h1-14,19-20,22H,15-18,21H2. The molecule has 1 fully saturated rings. The van der Waals surface area contributed by atoms with Crippen LogP contribution in [0.5, 0.6) is 0 Å². The second-order valence-electron chi connectivity index (χ2n) is 9.92. The summed E-state index contributed by atoms with van der Waals surface area (Å²) in [6.07, 6.45) is 3.84. The van der Waals surface area contributed by atoms with Crippen LogP contribution in [0.3, 0.4) is 0 Å².